The van der Waals surface area contributed by atoms with Crippen LogP contribution < -0.4 is 5.43 Å². The second-order valence-electron chi connectivity index (χ2n) is 2.49. The van der Waals surface area contributed by atoms with E-state index >= 15 is 0 Å². The van der Waals surface area contributed by atoms with Crippen molar-refractivity contribution in [1.82, 2.24) is 0 Å². The minimum Gasteiger partial charge on any atom is -0.272 e. The van der Waals surface area contributed by atoms with Gasteiger partial charge in [-0.05, 0) is 6.07 Å². The Morgan fingerprint density at radius 2 is 1.93 bits per heavy atom. The van der Waals surface area contributed by atoms with Crippen molar-refractivity contribution in [2.45, 2.75) is 0 Å². The molecule has 0 aliphatic heterocycles. The summed E-state index contributed by atoms with van der Waals surface area (Å²) in [5, 5.41) is 24.2. The highest BCUT2D eigenvalue weighted by Gasteiger charge is 2.18. The molecule has 8 nitrogen and oxygen atoms in total. The summed E-state index contributed by atoms with van der Waals surface area (Å²) >= 11 is 0. The van der Waals surface area contributed by atoms with Gasteiger partial charge >= 0.3 is 5.69 Å². The Morgan fingerprint density at radius 3 is 2.40 bits per heavy atom. The average molecular weight is 216 g/mol. The van der Waals surface area contributed by atoms with Crippen LogP contribution in [0.1, 0.15) is 0 Å². The largest absolute Gasteiger partial charge is 0.301 e. The summed E-state index contributed by atoms with van der Waals surface area (Å²) in [6.07, 6.45) is 0. The summed E-state index contributed by atoms with van der Waals surface area (Å²) < 4.78 is 0. The lowest BCUT2D eigenvalue weighted by Crippen LogP contribution is -1.97. The van der Waals surface area contributed by atoms with Gasteiger partial charge in [-0.3, -0.25) is 25.7 Å². The molecule has 0 aliphatic rings. The third-order valence-electron chi connectivity index (χ3n) is 1.59. The first-order valence-corrected chi connectivity index (χ1v) is 3.71. The van der Waals surface area contributed by atoms with Gasteiger partial charge in [0, 0.05) is 12.8 Å². The number of nitrogens with one attached hydrogen (secondary N) is 1. The van der Waals surface area contributed by atoms with Crippen LogP contribution in [0, 0.1) is 20.2 Å². The molecule has 8 heteroatoms. The van der Waals surface area contributed by atoms with E-state index in [-0.39, 0.29) is 11.4 Å². The van der Waals surface area contributed by atoms with Gasteiger partial charge in [0.05, 0.1) is 15.9 Å². The highest BCUT2D eigenvalue weighted by atomic mass is 16.7. The van der Waals surface area contributed by atoms with Gasteiger partial charge < -0.3 is 0 Å². The van der Waals surface area contributed by atoms with Crippen LogP contribution in [0.2, 0.25) is 0 Å². The topological polar surface area (TPSA) is 111 Å². The van der Waals surface area contributed by atoms with Gasteiger partial charge in [-0.2, -0.15) is 5.10 Å². The molecule has 1 aromatic rings. The Hall–Kier alpha value is -2.51. The van der Waals surface area contributed by atoms with Crippen LogP contribution in [0.15, 0.2) is 23.3 Å². The molecule has 0 aliphatic carbocycles. The smallest absolute Gasteiger partial charge is 0.272 e. The normalized spacial score (nSPS) is 9.33. The monoisotopic (exact) mass is 216 g/mol. The standard InChI is InChI=1S/C7H6N4O4/c1-8-9-6-3-2-5(10(12)13)4-7(6)11(14)15/h2-4,9H,1H2/i2+1,3+1,4+1,5+1,6+1,7+1. The molecule has 15 heavy (non-hydrogen) atoms. The molecular formula is C7H6N4O4. The third-order valence-corrected chi connectivity index (χ3v) is 1.59. The third kappa shape index (κ3) is 2.24. The van der Waals surface area contributed by atoms with Crippen LogP contribution in [0.5, 0.6) is 0 Å². The van der Waals surface area contributed by atoms with Crippen LogP contribution in [0.3, 0.4) is 0 Å². The number of nitrogens with zero attached hydrogens (tertiary/aromatic N) is 3. The van der Waals surface area contributed by atoms with Crippen molar-refractivity contribution in [3.63, 3.8) is 0 Å². The van der Waals surface area contributed by atoms with Gasteiger partial charge in [0.15, 0.2) is 0 Å². The quantitative estimate of drug-likeness (QED) is 0.466. The predicted octanol–water partition coefficient (Wildman–Crippen LogP) is 1.53. The summed E-state index contributed by atoms with van der Waals surface area (Å²) in [5.41, 5.74) is 1.56. The molecule has 0 atom stereocenters. The first kappa shape index (κ1) is 10.6. The van der Waals surface area contributed by atoms with E-state index in [1.165, 1.54) is 6.07 Å². The molecular weight excluding hydrogens is 210 g/mol. The first-order chi connectivity index (χ1) is 7.06. The maximum absolute atomic E-state index is 10.6. The fourth-order valence-electron chi connectivity index (χ4n) is 0.964. The molecule has 0 bridgehead atoms. The van der Waals surface area contributed by atoms with Crippen molar-refractivity contribution >= 4 is 23.8 Å². The van der Waals surface area contributed by atoms with Gasteiger partial charge in [0.1, 0.15) is 5.69 Å². The zero-order valence-electron chi connectivity index (χ0n) is 7.41. The number of rotatable bonds is 4. The number of anilines is 1. The highest BCUT2D eigenvalue weighted by Crippen LogP contribution is 2.28. The van der Waals surface area contributed by atoms with E-state index in [1.54, 1.807) is 0 Å². The van der Waals surface area contributed by atoms with Gasteiger partial charge in [-0.25, -0.2) is 0 Å². The van der Waals surface area contributed by atoms with Crippen molar-refractivity contribution in [2.75, 3.05) is 5.43 Å². The molecule has 1 rings (SSSR count). The lowest BCUT2D eigenvalue weighted by Gasteiger charge is -2.00. The molecule has 0 saturated heterocycles. The van der Waals surface area contributed by atoms with E-state index in [1.807, 2.05) is 0 Å². The number of hydrazone groups is 1. The van der Waals surface area contributed by atoms with Crippen LogP contribution in [-0.4, -0.2) is 16.6 Å². The van der Waals surface area contributed by atoms with Crippen molar-refractivity contribution in [2.24, 2.45) is 5.10 Å². The number of nitro groups is 2. The van der Waals surface area contributed by atoms with Crippen molar-refractivity contribution < 1.29 is 9.85 Å². The van der Waals surface area contributed by atoms with Crippen LogP contribution in [0.4, 0.5) is 17.1 Å². The minimum atomic E-state index is -0.736. The van der Waals surface area contributed by atoms with Gasteiger partial charge in [0.25, 0.3) is 5.69 Å². The van der Waals surface area contributed by atoms with E-state index in [9.17, 15) is 20.2 Å². The number of hydrogen-bond donors (Lipinski definition) is 1. The van der Waals surface area contributed by atoms with E-state index in [2.05, 4.69) is 17.2 Å². The zero-order valence-corrected chi connectivity index (χ0v) is 7.41. The van der Waals surface area contributed by atoms with E-state index in [0.717, 1.165) is 12.1 Å². The lowest BCUT2D eigenvalue weighted by molar-refractivity contribution is -0.393. The first-order valence-electron chi connectivity index (χ1n) is 3.71. The number of benzene rings is 1. The SMILES string of the molecule is C=NN[13c]1[13cH][13cH][13c]([N+](=O)[O-])[13cH][13c]1[N+](=O)[O-]. The Morgan fingerprint density at radius 1 is 1.27 bits per heavy atom. The number of nitro benzene ring substituents is 2. The van der Waals surface area contributed by atoms with Gasteiger partial charge in [0.2, 0.25) is 0 Å². The molecule has 0 fully saturated rings. The molecule has 1 aromatic carbocycles. The maximum Gasteiger partial charge on any atom is 0.301 e. The molecule has 1 N–H and O–H groups in total. The Bertz CT molecular complexity index is 431. The Labute approximate surface area is 83.5 Å². The van der Waals surface area contributed by atoms with Gasteiger partial charge in [-0.1, -0.05) is 0 Å². The van der Waals surface area contributed by atoms with E-state index < -0.39 is 15.5 Å². The van der Waals surface area contributed by atoms with Crippen molar-refractivity contribution in [3.8, 4) is 0 Å². The van der Waals surface area contributed by atoms with Crippen LogP contribution >= 0.6 is 0 Å². The highest BCUT2D eigenvalue weighted by molar-refractivity contribution is 5.65. The lowest BCUT2D eigenvalue weighted by atomic mass is 11.1. The fraction of sp³-hybridized carbons (Fsp3) is 0. The number of hydrogen-bond acceptors (Lipinski definition) is 6. The van der Waals surface area contributed by atoms with Crippen molar-refractivity contribution in [1.29, 1.82) is 0 Å². The molecule has 78 valence electrons. The van der Waals surface area contributed by atoms with E-state index in [4.69, 9.17) is 0 Å². The Balaban J connectivity index is 3.26. The Kier molecular flexibility index (Phi) is 2.91. The molecule has 0 aromatic heterocycles. The summed E-state index contributed by atoms with van der Waals surface area (Å²) in [7, 11) is 0. The van der Waals surface area contributed by atoms with Crippen LogP contribution in [-0.2, 0) is 0 Å². The molecule has 0 heterocycles. The fourth-order valence-corrected chi connectivity index (χ4v) is 0.964. The summed E-state index contributed by atoms with van der Waals surface area (Å²) in [6, 6.07) is 3.19. The molecule has 0 radical (unpaired) electrons. The van der Waals surface area contributed by atoms with Crippen molar-refractivity contribution in [3.05, 3.63) is 38.4 Å². The molecule has 0 unspecified atom stereocenters. The number of non-ortho nitro benzene ring substituents is 1. The predicted molar refractivity (Wildman–Crippen MR) is 52.9 cm³/mol. The van der Waals surface area contributed by atoms with Crippen LogP contribution in [0.25, 0.3) is 0 Å². The van der Waals surface area contributed by atoms with E-state index in [0.29, 0.717) is 0 Å². The molecule has 0 amide bonds. The summed E-state index contributed by atoms with van der Waals surface area (Å²) in [5.74, 6) is 0. The molecule has 0 spiro atoms. The molecule has 0 saturated carbocycles. The zero-order chi connectivity index (χ0) is 11.4. The minimum absolute atomic E-state index is 0.0561. The van der Waals surface area contributed by atoms with Gasteiger partial charge in [-0.15, -0.1) is 0 Å². The second kappa shape index (κ2) is 4.13. The average Bonchev–Trinajstić information content (AvgIpc) is 2.18. The maximum atomic E-state index is 10.6. The summed E-state index contributed by atoms with van der Waals surface area (Å²) in [4.78, 5) is 19.5. The second-order valence-corrected chi connectivity index (χ2v) is 2.49. The summed E-state index contributed by atoms with van der Waals surface area (Å²) in [6.45, 7) is 3.10.